The van der Waals surface area contributed by atoms with E-state index in [1.165, 1.54) is 25.7 Å². The normalized spacial score (nSPS) is 52.6. The average Bonchev–Trinajstić information content (AvgIpc) is 2.76. The average molecular weight is 280 g/mol. The molecule has 0 unspecified atom stereocenters. The van der Waals surface area contributed by atoms with Gasteiger partial charge in [0.05, 0.1) is 6.10 Å². The molecule has 0 radical (unpaired) electrons. The van der Waals surface area contributed by atoms with Crippen LogP contribution in [-0.4, -0.2) is 17.5 Å². The van der Waals surface area contributed by atoms with Crippen molar-refractivity contribution in [2.45, 2.75) is 91.6 Å². The highest BCUT2D eigenvalue weighted by atomic mass is 16.8. The van der Waals surface area contributed by atoms with Crippen molar-refractivity contribution in [3.05, 3.63) is 0 Å². The van der Waals surface area contributed by atoms with Gasteiger partial charge in [-0.1, -0.05) is 27.7 Å². The first kappa shape index (κ1) is 14.8. The minimum Gasteiger partial charge on any atom is -0.344 e. The molecule has 0 aromatic carbocycles. The molecule has 1 aliphatic heterocycles. The Kier molecular flexibility index (Phi) is 2.98. The number of fused-ring (bicyclic) bond motifs is 2. The van der Waals surface area contributed by atoms with Crippen molar-refractivity contribution in [1.29, 1.82) is 0 Å². The summed E-state index contributed by atoms with van der Waals surface area (Å²) in [5, 5.41) is 0. The van der Waals surface area contributed by atoms with Gasteiger partial charge < -0.3 is 9.47 Å². The molecule has 116 valence electrons. The Balaban J connectivity index is 2.07. The minimum absolute atomic E-state index is 0.149. The molecule has 2 saturated carbocycles. The lowest BCUT2D eigenvalue weighted by molar-refractivity contribution is -0.203. The smallest absolute Gasteiger partial charge is 0.164 e. The van der Waals surface area contributed by atoms with E-state index in [1.807, 2.05) is 0 Å². The molecule has 2 nitrogen and oxygen atoms in total. The van der Waals surface area contributed by atoms with Crippen molar-refractivity contribution >= 4 is 0 Å². The van der Waals surface area contributed by atoms with Gasteiger partial charge in [-0.25, -0.2) is 0 Å². The third kappa shape index (κ3) is 1.58. The molecule has 0 spiro atoms. The van der Waals surface area contributed by atoms with Crippen LogP contribution in [0.25, 0.3) is 0 Å². The summed E-state index contributed by atoms with van der Waals surface area (Å²) in [6, 6.07) is 0. The van der Waals surface area contributed by atoms with Crippen LogP contribution < -0.4 is 0 Å². The minimum atomic E-state index is -0.437. The largest absolute Gasteiger partial charge is 0.344 e. The number of ether oxygens (including phenoxy) is 2. The van der Waals surface area contributed by atoms with Gasteiger partial charge in [-0.05, 0) is 69.1 Å². The standard InChI is InChI=1S/C18H32O2/c1-8-18-11-14-17(7,20-16(5,6)19-14)15(3,4)13(18)10-9-12(18)2/h12-14H,8-11H2,1-7H3/t12-,13+,14+,17+,18-/m1/s1. The Bertz CT molecular complexity index is 414. The number of hydrogen-bond donors (Lipinski definition) is 0. The molecule has 0 aromatic heterocycles. The van der Waals surface area contributed by atoms with E-state index in [-0.39, 0.29) is 17.1 Å². The summed E-state index contributed by atoms with van der Waals surface area (Å²) < 4.78 is 12.8. The zero-order chi connectivity index (χ0) is 15.0. The Morgan fingerprint density at radius 3 is 2.30 bits per heavy atom. The van der Waals surface area contributed by atoms with Crippen molar-refractivity contribution in [2.24, 2.45) is 22.7 Å². The topological polar surface area (TPSA) is 18.5 Å². The second-order valence-electron chi connectivity index (χ2n) is 8.76. The van der Waals surface area contributed by atoms with Gasteiger partial charge in [-0.2, -0.15) is 0 Å². The Hall–Kier alpha value is -0.0800. The van der Waals surface area contributed by atoms with E-state index in [4.69, 9.17) is 9.47 Å². The molecule has 3 fully saturated rings. The SMILES string of the molecule is CC[C@]12C[C@@H]3OC(C)(C)O[C@]3(C)C(C)(C)[C@@H]1CC[C@H]2C. The van der Waals surface area contributed by atoms with E-state index in [0.29, 0.717) is 5.41 Å². The molecule has 0 aromatic rings. The predicted octanol–water partition coefficient (Wildman–Crippen LogP) is 4.77. The van der Waals surface area contributed by atoms with Crippen LogP contribution in [0.3, 0.4) is 0 Å². The molecular formula is C18H32O2. The van der Waals surface area contributed by atoms with Crippen LogP contribution in [0.1, 0.15) is 74.1 Å². The lowest BCUT2D eigenvalue weighted by Crippen LogP contribution is -2.62. The second-order valence-corrected chi connectivity index (χ2v) is 8.76. The van der Waals surface area contributed by atoms with Gasteiger partial charge in [0, 0.05) is 0 Å². The molecule has 3 rings (SSSR count). The lowest BCUT2D eigenvalue weighted by atomic mass is 9.48. The summed E-state index contributed by atoms with van der Waals surface area (Å²) in [4.78, 5) is 0. The Morgan fingerprint density at radius 1 is 1.05 bits per heavy atom. The van der Waals surface area contributed by atoms with E-state index in [1.54, 1.807) is 0 Å². The quantitative estimate of drug-likeness (QED) is 0.689. The molecule has 5 atom stereocenters. The molecule has 2 heteroatoms. The summed E-state index contributed by atoms with van der Waals surface area (Å²) in [6.45, 7) is 16.1. The predicted molar refractivity (Wildman–Crippen MR) is 81.5 cm³/mol. The van der Waals surface area contributed by atoms with Crippen LogP contribution in [0, 0.1) is 22.7 Å². The van der Waals surface area contributed by atoms with E-state index >= 15 is 0 Å². The lowest BCUT2D eigenvalue weighted by Gasteiger charge is -2.59. The van der Waals surface area contributed by atoms with E-state index in [0.717, 1.165) is 11.8 Å². The molecule has 1 heterocycles. The maximum Gasteiger partial charge on any atom is 0.164 e. The number of hydrogen-bond acceptors (Lipinski definition) is 2. The summed E-state index contributed by atoms with van der Waals surface area (Å²) in [5.74, 6) is 1.13. The van der Waals surface area contributed by atoms with Gasteiger partial charge in [0.1, 0.15) is 5.60 Å². The highest BCUT2D eigenvalue weighted by Gasteiger charge is 2.69. The molecule has 0 amide bonds. The van der Waals surface area contributed by atoms with Crippen molar-refractivity contribution in [1.82, 2.24) is 0 Å². The van der Waals surface area contributed by atoms with Crippen LogP contribution in [0.15, 0.2) is 0 Å². The van der Waals surface area contributed by atoms with Crippen LogP contribution >= 0.6 is 0 Å². The van der Waals surface area contributed by atoms with Crippen molar-refractivity contribution in [3.63, 3.8) is 0 Å². The highest BCUT2D eigenvalue weighted by molar-refractivity contribution is 5.17. The van der Waals surface area contributed by atoms with Crippen molar-refractivity contribution in [2.75, 3.05) is 0 Å². The zero-order valence-electron chi connectivity index (χ0n) is 14.4. The van der Waals surface area contributed by atoms with Gasteiger partial charge in [-0.15, -0.1) is 0 Å². The van der Waals surface area contributed by atoms with Gasteiger partial charge in [0.2, 0.25) is 0 Å². The zero-order valence-corrected chi connectivity index (χ0v) is 14.4. The molecule has 3 aliphatic rings. The van der Waals surface area contributed by atoms with Gasteiger partial charge >= 0.3 is 0 Å². The van der Waals surface area contributed by atoms with Crippen molar-refractivity contribution < 1.29 is 9.47 Å². The molecule has 1 saturated heterocycles. The van der Waals surface area contributed by atoms with Gasteiger partial charge in [-0.3, -0.25) is 0 Å². The summed E-state index contributed by atoms with van der Waals surface area (Å²) in [6.07, 6.45) is 5.42. The van der Waals surface area contributed by atoms with E-state index in [2.05, 4.69) is 48.5 Å². The van der Waals surface area contributed by atoms with Crippen LogP contribution in [0.2, 0.25) is 0 Å². The monoisotopic (exact) mass is 280 g/mol. The third-order valence-electron chi connectivity index (χ3n) is 7.44. The van der Waals surface area contributed by atoms with Gasteiger partial charge in [0.15, 0.2) is 5.79 Å². The fourth-order valence-electron chi connectivity index (χ4n) is 6.03. The van der Waals surface area contributed by atoms with E-state index < -0.39 is 5.79 Å². The summed E-state index contributed by atoms with van der Waals surface area (Å²) >= 11 is 0. The molecule has 0 bridgehead atoms. The first-order valence-corrected chi connectivity index (χ1v) is 8.47. The Labute approximate surface area is 124 Å². The first-order valence-electron chi connectivity index (χ1n) is 8.47. The number of rotatable bonds is 1. The van der Waals surface area contributed by atoms with Crippen LogP contribution in [0.5, 0.6) is 0 Å². The molecule has 0 N–H and O–H groups in total. The molecule has 2 aliphatic carbocycles. The third-order valence-corrected chi connectivity index (χ3v) is 7.44. The Morgan fingerprint density at radius 2 is 1.70 bits per heavy atom. The van der Waals surface area contributed by atoms with E-state index in [9.17, 15) is 0 Å². The summed E-state index contributed by atoms with van der Waals surface area (Å²) in [5.41, 5.74) is 0.478. The fourth-order valence-corrected chi connectivity index (χ4v) is 6.03. The maximum absolute atomic E-state index is 6.47. The maximum atomic E-state index is 6.47. The molecular weight excluding hydrogens is 248 g/mol. The van der Waals surface area contributed by atoms with Crippen LogP contribution in [0.4, 0.5) is 0 Å². The first-order chi connectivity index (χ1) is 9.09. The fraction of sp³-hybridized carbons (Fsp3) is 1.00. The highest BCUT2D eigenvalue weighted by Crippen LogP contribution is 2.69. The summed E-state index contributed by atoms with van der Waals surface area (Å²) in [7, 11) is 0. The van der Waals surface area contributed by atoms with Gasteiger partial charge in [0.25, 0.3) is 0 Å². The van der Waals surface area contributed by atoms with Crippen molar-refractivity contribution in [3.8, 4) is 0 Å². The molecule has 20 heavy (non-hydrogen) atoms. The second kappa shape index (κ2) is 4.01. The van der Waals surface area contributed by atoms with Crippen LogP contribution in [-0.2, 0) is 9.47 Å².